The Bertz CT molecular complexity index is 659. The molecule has 0 bridgehead atoms. The lowest BCUT2D eigenvalue weighted by Crippen LogP contribution is -2.27. The molecule has 0 saturated carbocycles. The normalized spacial score (nSPS) is 9.96. The summed E-state index contributed by atoms with van der Waals surface area (Å²) >= 11 is 0. The summed E-state index contributed by atoms with van der Waals surface area (Å²) in [7, 11) is 0. The zero-order chi connectivity index (χ0) is 16.5. The highest BCUT2D eigenvalue weighted by atomic mass is 16.5. The van der Waals surface area contributed by atoms with Crippen LogP contribution >= 0.6 is 0 Å². The van der Waals surface area contributed by atoms with Gasteiger partial charge in [0.05, 0.1) is 6.61 Å². The maximum absolute atomic E-state index is 12.0. The second-order valence-corrected chi connectivity index (χ2v) is 4.75. The molecule has 6 heteroatoms. The van der Waals surface area contributed by atoms with E-state index in [2.05, 4.69) is 15.6 Å². The second kappa shape index (κ2) is 8.53. The number of anilines is 1. The lowest BCUT2D eigenvalue weighted by atomic mass is 10.2. The van der Waals surface area contributed by atoms with Gasteiger partial charge in [0.2, 0.25) is 5.91 Å². The van der Waals surface area contributed by atoms with Crippen LogP contribution in [0.25, 0.3) is 0 Å². The van der Waals surface area contributed by atoms with Crippen molar-refractivity contribution in [3.8, 4) is 5.75 Å². The molecule has 2 aromatic rings. The van der Waals surface area contributed by atoms with Crippen molar-refractivity contribution >= 4 is 17.5 Å². The molecule has 0 atom stereocenters. The zero-order valence-corrected chi connectivity index (χ0v) is 12.9. The van der Waals surface area contributed by atoms with Gasteiger partial charge in [-0.05, 0) is 37.3 Å². The van der Waals surface area contributed by atoms with Gasteiger partial charge in [-0.2, -0.15) is 0 Å². The van der Waals surface area contributed by atoms with E-state index in [0.717, 1.165) is 0 Å². The molecule has 0 aliphatic carbocycles. The molecule has 0 fully saturated rings. The van der Waals surface area contributed by atoms with Gasteiger partial charge in [0.25, 0.3) is 5.91 Å². The monoisotopic (exact) mass is 313 g/mol. The third-order valence-corrected chi connectivity index (χ3v) is 3.01. The molecule has 0 aliphatic rings. The Balaban J connectivity index is 1.78. The smallest absolute Gasteiger partial charge is 0.251 e. The molecule has 0 saturated heterocycles. The summed E-state index contributed by atoms with van der Waals surface area (Å²) in [6.07, 6.45) is 3.39. The molecule has 6 nitrogen and oxygen atoms in total. The number of nitrogens with one attached hydrogen (secondary N) is 2. The van der Waals surface area contributed by atoms with Crippen LogP contribution in [-0.2, 0) is 4.79 Å². The van der Waals surface area contributed by atoms with Gasteiger partial charge in [-0.1, -0.05) is 6.07 Å². The summed E-state index contributed by atoms with van der Waals surface area (Å²) in [6.45, 7) is 2.68. The van der Waals surface area contributed by atoms with Crippen LogP contribution in [0.2, 0.25) is 0 Å². The fourth-order valence-corrected chi connectivity index (χ4v) is 1.94. The molecular weight excluding hydrogens is 294 g/mol. The highest BCUT2D eigenvalue weighted by Gasteiger charge is 2.08. The van der Waals surface area contributed by atoms with Crippen molar-refractivity contribution in [3.05, 3.63) is 54.4 Å². The maximum Gasteiger partial charge on any atom is 0.251 e. The minimum Gasteiger partial charge on any atom is -0.494 e. The summed E-state index contributed by atoms with van der Waals surface area (Å²) in [5, 5.41) is 5.45. The molecule has 1 heterocycles. The van der Waals surface area contributed by atoms with E-state index in [1.807, 2.05) is 6.92 Å². The van der Waals surface area contributed by atoms with Crippen molar-refractivity contribution in [2.75, 3.05) is 18.5 Å². The Kier molecular flexibility index (Phi) is 6.11. The largest absolute Gasteiger partial charge is 0.494 e. The molecule has 1 aromatic carbocycles. The van der Waals surface area contributed by atoms with Crippen LogP contribution in [0, 0.1) is 0 Å². The number of hydrogen-bond acceptors (Lipinski definition) is 4. The molecule has 2 amide bonds. The SMILES string of the molecule is CCOc1cccc(C(=O)NCCC(=O)Nc2ccncc2)c1. The zero-order valence-electron chi connectivity index (χ0n) is 12.9. The van der Waals surface area contributed by atoms with Crippen molar-refractivity contribution in [3.63, 3.8) is 0 Å². The van der Waals surface area contributed by atoms with Crippen molar-refractivity contribution in [1.29, 1.82) is 0 Å². The van der Waals surface area contributed by atoms with Crippen LogP contribution in [-0.4, -0.2) is 29.9 Å². The van der Waals surface area contributed by atoms with E-state index < -0.39 is 0 Å². The first-order valence-electron chi connectivity index (χ1n) is 7.40. The minimum absolute atomic E-state index is 0.167. The number of amides is 2. The van der Waals surface area contributed by atoms with Gasteiger partial charge in [-0.25, -0.2) is 0 Å². The molecule has 1 aromatic heterocycles. The van der Waals surface area contributed by atoms with E-state index in [9.17, 15) is 9.59 Å². The molecule has 0 aliphatic heterocycles. The Morgan fingerprint density at radius 3 is 2.70 bits per heavy atom. The molecular formula is C17H19N3O3. The first-order valence-corrected chi connectivity index (χ1v) is 7.40. The highest BCUT2D eigenvalue weighted by molar-refractivity contribution is 5.95. The number of benzene rings is 1. The number of ether oxygens (including phenoxy) is 1. The molecule has 2 N–H and O–H groups in total. The molecule has 2 rings (SSSR count). The van der Waals surface area contributed by atoms with Crippen LogP contribution in [0.1, 0.15) is 23.7 Å². The number of aromatic nitrogens is 1. The number of nitrogens with zero attached hydrogens (tertiary/aromatic N) is 1. The summed E-state index contributed by atoms with van der Waals surface area (Å²) in [5.74, 6) is 0.249. The number of rotatable bonds is 7. The van der Waals surface area contributed by atoms with E-state index in [1.54, 1.807) is 48.8 Å². The number of carbonyl (C=O) groups excluding carboxylic acids is 2. The molecule has 0 spiro atoms. The quantitative estimate of drug-likeness (QED) is 0.821. The Labute approximate surface area is 134 Å². The van der Waals surface area contributed by atoms with Crippen molar-refractivity contribution in [2.45, 2.75) is 13.3 Å². The number of hydrogen-bond donors (Lipinski definition) is 2. The van der Waals surface area contributed by atoms with Gasteiger partial charge in [0, 0.05) is 36.6 Å². The van der Waals surface area contributed by atoms with Gasteiger partial charge in [0.15, 0.2) is 0 Å². The number of carbonyl (C=O) groups is 2. The molecule has 0 unspecified atom stereocenters. The first-order chi connectivity index (χ1) is 11.2. The van der Waals surface area contributed by atoms with Gasteiger partial charge in [0.1, 0.15) is 5.75 Å². The van der Waals surface area contributed by atoms with Crippen LogP contribution in [0.3, 0.4) is 0 Å². The third-order valence-electron chi connectivity index (χ3n) is 3.01. The van der Waals surface area contributed by atoms with Gasteiger partial charge < -0.3 is 15.4 Å². The summed E-state index contributed by atoms with van der Waals surface area (Å²) in [4.78, 5) is 27.7. The fourth-order valence-electron chi connectivity index (χ4n) is 1.94. The average molecular weight is 313 g/mol. The first kappa shape index (κ1) is 16.5. The van der Waals surface area contributed by atoms with Crippen molar-refractivity contribution < 1.29 is 14.3 Å². The Morgan fingerprint density at radius 1 is 1.17 bits per heavy atom. The van der Waals surface area contributed by atoms with Gasteiger partial charge in [-0.3, -0.25) is 14.6 Å². The molecule has 120 valence electrons. The van der Waals surface area contributed by atoms with Crippen LogP contribution in [0.5, 0.6) is 5.75 Å². The lowest BCUT2D eigenvalue weighted by molar-refractivity contribution is -0.116. The summed E-state index contributed by atoms with van der Waals surface area (Å²) < 4.78 is 5.36. The van der Waals surface area contributed by atoms with E-state index in [-0.39, 0.29) is 24.8 Å². The lowest BCUT2D eigenvalue weighted by Gasteiger charge is -2.08. The fraction of sp³-hybridized carbons (Fsp3) is 0.235. The molecule has 0 radical (unpaired) electrons. The predicted octanol–water partition coefficient (Wildman–Crippen LogP) is 2.24. The van der Waals surface area contributed by atoms with Gasteiger partial charge >= 0.3 is 0 Å². The van der Waals surface area contributed by atoms with Gasteiger partial charge in [-0.15, -0.1) is 0 Å². The second-order valence-electron chi connectivity index (χ2n) is 4.75. The Hall–Kier alpha value is -2.89. The van der Waals surface area contributed by atoms with Crippen LogP contribution in [0.4, 0.5) is 5.69 Å². The van der Waals surface area contributed by atoms with E-state index in [4.69, 9.17) is 4.74 Å². The van der Waals surface area contributed by atoms with E-state index >= 15 is 0 Å². The average Bonchev–Trinajstić information content (AvgIpc) is 2.56. The summed E-state index contributed by atoms with van der Waals surface area (Å²) in [6, 6.07) is 10.3. The Morgan fingerprint density at radius 2 is 1.96 bits per heavy atom. The van der Waals surface area contributed by atoms with Crippen molar-refractivity contribution in [2.24, 2.45) is 0 Å². The van der Waals surface area contributed by atoms with Crippen molar-refractivity contribution in [1.82, 2.24) is 10.3 Å². The highest BCUT2D eigenvalue weighted by Crippen LogP contribution is 2.13. The standard InChI is InChI=1S/C17H19N3O3/c1-2-23-15-5-3-4-13(12-15)17(22)19-11-8-16(21)20-14-6-9-18-10-7-14/h3-7,9-10,12H,2,8,11H2,1H3,(H,19,22)(H,18,20,21). The number of pyridine rings is 1. The predicted molar refractivity (Wildman–Crippen MR) is 87.4 cm³/mol. The molecule has 23 heavy (non-hydrogen) atoms. The van der Waals surface area contributed by atoms with Crippen LogP contribution in [0.15, 0.2) is 48.8 Å². The van der Waals surface area contributed by atoms with E-state index in [1.165, 1.54) is 0 Å². The third kappa shape index (κ3) is 5.43. The van der Waals surface area contributed by atoms with E-state index in [0.29, 0.717) is 23.6 Å². The summed E-state index contributed by atoms with van der Waals surface area (Å²) in [5.41, 5.74) is 1.19. The maximum atomic E-state index is 12.0. The van der Waals surface area contributed by atoms with Crippen LogP contribution < -0.4 is 15.4 Å². The minimum atomic E-state index is -0.233. The topological polar surface area (TPSA) is 80.3 Å².